The van der Waals surface area contributed by atoms with Gasteiger partial charge in [-0.25, -0.2) is 4.99 Å². The van der Waals surface area contributed by atoms with Crippen molar-refractivity contribution in [1.82, 2.24) is 25.2 Å². The molecule has 6 nitrogen and oxygen atoms in total. The molecule has 0 aliphatic heterocycles. The predicted octanol–water partition coefficient (Wildman–Crippen LogP) is 3.73. The molecule has 150 valence electrons. The maximum Gasteiger partial charge on any atom is 0.191 e. The fraction of sp³-hybridized carbons (Fsp3) is 0.381. The number of hydrogen-bond donors (Lipinski definition) is 2. The van der Waals surface area contributed by atoms with Gasteiger partial charge in [0.1, 0.15) is 5.82 Å². The minimum atomic E-state index is 0. The second-order valence-corrected chi connectivity index (χ2v) is 6.65. The van der Waals surface area contributed by atoms with Crippen LogP contribution in [0.25, 0.3) is 5.65 Å². The second kappa shape index (κ2) is 11.6. The summed E-state index contributed by atoms with van der Waals surface area (Å²) in [6.45, 7) is 6.62. The summed E-state index contributed by atoms with van der Waals surface area (Å²) in [5.41, 5.74) is 3.35. The number of guanidine groups is 1. The Kier molecular flexibility index (Phi) is 9.19. The predicted molar refractivity (Wildman–Crippen MR) is 125 cm³/mol. The van der Waals surface area contributed by atoms with Crippen LogP contribution in [0.1, 0.15) is 36.7 Å². The molecule has 0 saturated heterocycles. The minimum Gasteiger partial charge on any atom is -0.356 e. The van der Waals surface area contributed by atoms with Gasteiger partial charge in [0.05, 0.1) is 6.54 Å². The summed E-state index contributed by atoms with van der Waals surface area (Å²) in [6, 6.07) is 14.4. The number of fused-ring (bicyclic) bond motifs is 1. The van der Waals surface area contributed by atoms with E-state index in [1.54, 1.807) is 0 Å². The van der Waals surface area contributed by atoms with E-state index in [4.69, 9.17) is 4.99 Å². The fourth-order valence-electron chi connectivity index (χ4n) is 2.78. The highest BCUT2D eigenvalue weighted by molar-refractivity contribution is 14.0. The van der Waals surface area contributed by atoms with Crippen molar-refractivity contribution in [2.24, 2.45) is 4.99 Å². The average molecular weight is 492 g/mol. The van der Waals surface area contributed by atoms with Gasteiger partial charge in [-0.15, -0.1) is 34.2 Å². The Morgan fingerprint density at radius 2 is 1.82 bits per heavy atom. The first-order valence-corrected chi connectivity index (χ1v) is 9.62. The third-order valence-electron chi connectivity index (χ3n) is 4.39. The number of nitrogens with zero attached hydrogens (tertiary/aromatic N) is 4. The zero-order valence-corrected chi connectivity index (χ0v) is 18.9. The summed E-state index contributed by atoms with van der Waals surface area (Å²) in [5.74, 6) is 1.79. The lowest BCUT2D eigenvalue weighted by molar-refractivity contribution is 0.715. The molecule has 2 heterocycles. The molecule has 7 heteroatoms. The van der Waals surface area contributed by atoms with E-state index in [0.29, 0.717) is 6.54 Å². The van der Waals surface area contributed by atoms with Gasteiger partial charge in [0.15, 0.2) is 11.6 Å². The molecule has 0 radical (unpaired) electrons. The lowest BCUT2D eigenvalue weighted by Gasteiger charge is -2.12. The molecule has 0 aliphatic carbocycles. The van der Waals surface area contributed by atoms with Gasteiger partial charge in [0.25, 0.3) is 0 Å². The largest absolute Gasteiger partial charge is 0.356 e. The van der Waals surface area contributed by atoms with Crippen LogP contribution in [-0.4, -0.2) is 33.6 Å². The van der Waals surface area contributed by atoms with Crippen LogP contribution in [0, 0.1) is 6.92 Å². The van der Waals surface area contributed by atoms with E-state index < -0.39 is 0 Å². The number of pyridine rings is 1. The molecule has 0 amide bonds. The Hall–Kier alpha value is -2.16. The molecule has 0 atom stereocenters. The maximum absolute atomic E-state index is 4.73. The second-order valence-electron chi connectivity index (χ2n) is 6.65. The van der Waals surface area contributed by atoms with Crippen LogP contribution in [0.3, 0.4) is 0 Å². The van der Waals surface area contributed by atoms with Crippen LogP contribution in [0.4, 0.5) is 0 Å². The van der Waals surface area contributed by atoms with Crippen molar-refractivity contribution in [2.75, 3.05) is 13.1 Å². The summed E-state index contributed by atoms with van der Waals surface area (Å²) in [7, 11) is 0. The van der Waals surface area contributed by atoms with E-state index in [0.717, 1.165) is 49.8 Å². The molecule has 2 aromatic heterocycles. The number of benzene rings is 1. The number of unbranched alkanes of at least 4 members (excludes halogenated alkanes) is 1. The van der Waals surface area contributed by atoms with Crippen molar-refractivity contribution in [3.63, 3.8) is 0 Å². The lowest BCUT2D eigenvalue weighted by Crippen LogP contribution is -2.39. The van der Waals surface area contributed by atoms with Crippen molar-refractivity contribution in [1.29, 1.82) is 0 Å². The average Bonchev–Trinajstić information content (AvgIpc) is 3.10. The first-order chi connectivity index (χ1) is 13.3. The van der Waals surface area contributed by atoms with Crippen LogP contribution >= 0.6 is 24.0 Å². The fourth-order valence-corrected chi connectivity index (χ4v) is 2.78. The monoisotopic (exact) mass is 492 g/mol. The van der Waals surface area contributed by atoms with Crippen molar-refractivity contribution < 1.29 is 0 Å². The summed E-state index contributed by atoms with van der Waals surface area (Å²) < 4.78 is 2.02. The molecule has 0 unspecified atom stereocenters. The molecule has 0 spiro atoms. The van der Waals surface area contributed by atoms with Gasteiger partial charge in [-0.1, -0.05) is 49.2 Å². The van der Waals surface area contributed by atoms with E-state index in [1.165, 1.54) is 11.1 Å². The molecule has 3 aromatic rings. The number of aryl methyl sites for hydroxylation is 1. The van der Waals surface area contributed by atoms with Crippen molar-refractivity contribution in [3.05, 3.63) is 65.6 Å². The van der Waals surface area contributed by atoms with E-state index in [1.807, 2.05) is 28.8 Å². The highest BCUT2D eigenvalue weighted by atomic mass is 127. The summed E-state index contributed by atoms with van der Waals surface area (Å²) in [6.07, 6.45) is 5.06. The van der Waals surface area contributed by atoms with E-state index in [9.17, 15) is 0 Å². The SMILES string of the molecule is CCCCNC(=NCc1ccc(C)cc1)NCCc1nnc2ccccn12.I. The molecule has 2 N–H and O–H groups in total. The summed E-state index contributed by atoms with van der Waals surface area (Å²) >= 11 is 0. The third kappa shape index (κ3) is 6.47. The standard InChI is InChI=1S/C21H28N6.HI/c1-3-4-13-22-21(24-16-18-10-8-17(2)9-11-18)23-14-12-20-26-25-19-7-5-6-15-27(19)20;/h5-11,15H,3-4,12-14,16H2,1-2H3,(H2,22,23,24);1H. The van der Waals surface area contributed by atoms with Gasteiger partial charge in [0, 0.05) is 25.7 Å². The number of nitrogens with one attached hydrogen (secondary N) is 2. The highest BCUT2D eigenvalue weighted by Gasteiger charge is 2.05. The number of aliphatic imine (C=N–C) groups is 1. The van der Waals surface area contributed by atoms with E-state index in [-0.39, 0.29) is 24.0 Å². The zero-order chi connectivity index (χ0) is 18.9. The normalized spacial score (nSPS) is 11.3. The van der Waals surface area contributed by atoms with Crippen LogP contribution < -0.4 is 10.6 Å². The molecule has 0 saturated carbocycles. The van der Waals surface area contributed by atoms with Crippen LogP contribution in [0.2, 0.25) is 0 Å². The van der Waals surface area contributed by atoms with Crippen LogP contribution in [0.15, 0.2) is 53.7 Å². The van der Waals surface area contributed by atoms with Gasteiger partial charge >= 0.3 is 0 Å². The Morgan fingerprint density at radius 3 is 2.61 bits per heavy atom. The summed E-state index contributed by atoms with van der Waals surface area (Å²) in [5, 5.41) is 15.3. The van der Waals surface area contributed by atoms with Crippen molar-refractivity contribution in [2.45, 2.75) is 39.7 Å². The quantitative estimate of drug-likeness (QED) is 0.218. The Bertz CT molecular complexity index is 872. The van der Waals surface area contributed by atoms with Gasteiger partial charge in [-0.05, 0) is 31.0 Å². The third-order valence-corrected chi connectivity index (χ3v) is 4.39. The van der Waals surface area contributed by atoms with Crippen LogP contribution in [-0.2, 0) is 13.0 Å². The van der Waals surface area contributed by atoms with E-state index >= 15 is 0 Å². The number of halogens is 1. The number of rotatable bonds is 8. The smallest absolute Gasteiger partial charge is 0.191 e. The molecule has 0 fully saturated rings. The van der Waals surface area contributed by atoms with Crippen molar-refractivity contribution >= 4 is 35.6 Å². The molecular weight excluding hydrogens is 463 g/mol. The first kappa shape index (κ1) is 22.1. The topological polar surface area (TPSA) is 66.6 Å². The first-order valence-electron chi connectivity index (χ1n) is 9.62. The Morgan fingerprint density at radius 1 is 1.04 bits per heavy atom. The van der Waals surface area contributed by atoms with Gasteiger partial charge < -0.3 is 10.6 Å². The Labute approximate surface area is 183 Å². The number of aromatic nitrogens is 3. The molecule has 1 aromatic carbocycles. The molecule has 0 bridgehead atoms. The summed E-state index contributed by atoms with van der Waals surface area (Å²) in [4.78, 5) is 4.73. The molecule has 28 heavy (non-hydrogen) atoms. The van der Waals surface area contributed by atoms with Gasteiger partial charge in [-0.2, -0.15) is 0 Å². The number of hydrogen-bond acceptors (Lipinski definition) is 3. The highest BCUT2D eigenvalue weighted by Crippen LogP contribution is 2.05. The lowest BCUT2D eigenvalue weighted by atomic mass is 10.1. The molecule has 0 aliphatic rings. The van der Waals surface area contributed by atoms with Crippen molar-refractivity contribution in [3.8, 4) is 0 Å². The molecule has 3 rings (SSSR count). The van der Waals surface area contributed by atoms with E-state index in [2.05, 4.69) is 58.9 Å². The maximum atomic E-state index is 4.73. The zero-order valence-electron chi connectivity index (χ0n) is 16.6. The van der Waals surface area contributed by atoms with Gasteiger partial charge in [0.2, 0.25) is 0 Å². The molecular formula is C21H29IN6. The van der Waals surface area contributed by atoms with Crippen LogP contribution in [0.5, 0.6) is 0 Å². The van der Waals surface area contributed by atoms with Gasteiger partial charge in [-0.3, -0.25) is 4.40 Å². The minimum absolute atomic E-state index is 0. The Balaban J connectivity index is 0.00000280.